The van der Waals surface area contributed by atoms with Crippen molar-refractivity contribution in [2.45, 2.75) is 42.2 Å². The number of rotatable bonds is 6. The predicted molar refractivity (Wildman–Crippen MR) is 125 cm³/mol. The van der Waals surface area contributed by atoms with Gasteiger partial charge in [0.25, 0.3) is 0 Å². The van der Waals surface area contributed by atoms with E-state index in [1.54, 1.807) is 24.3 Å². The predicted octanol–water partition coefficient (Wildman–Crippen LogP) is 4.38. The number of ether oxygens (including phenoxy) is 1. The van der Waals surface area contributed by atoms with Gasteiger partial charge in [0.1, 0.15) is 28.8 Å². The first-order chi connectivity index (χ1) is 15.5. The van der Waals surface area contributed by atoms with Crippen LogP contribution in [0, 0.1) is 17.9 Å². The molecule has 162 valence electrons. The summed E-state index contributed by atoms with van der Waals surface area (Å²) in [5, 5.41) is 22.7. The number of hydrogen-bond donors (Lipinski definition) is 3. The monoisotopic (exact) mass is 464 g/mol. The highest BCUT2D eigenvalue weighted by Gasteiger charge is 2.27. The molecule has 3 aromatic rings. The van der Waals surface area contributed by atoms with Gasteiger partial charge in [-0.2, -0.15) is 5.26 Å². The van der Waals surface area contributed by atoms with E-state index >= 15 is 0 Å². The number of thioether (sulfide) groups is 1. The van der Waals surface area contributed by atoms with Crippen LogP contribution in [-0.2, 0) is 5.75 Å². The Morgan fingerprint density at radius 1 is 1.28 bits per heavy atom. The molecule has 0 aliphatic heterocycles. The molecule has 1 aliphatic rings. The van der Waals surface area contributed by atoms with Gasteiger partial charge in [0, 0.05) is 16.7 Å². The average molecular weight is 465 g/mol. The lowest BCUT2D eigenvalue weighted by Gasteiger charge is -2.18. The van der Waals surface area contributed by atoms with Gasteiger partial charge in [-0.15, -0.1) is 11.3 Å². The third kappa shape index (κ3) is 4.48. The summed E-state index contributed by atoms with van der Waals surface area (Å²) in [6.07, 6.45) is 1.83. The zero-order chi connectivity index (χ0) is 22.7. The van der Waals surface area contributed by atoms with Crippen LogP contribution < -0.4 is 16.2 Å². The number of nitrogens with zero attached hydrogens (tertiary/aromatic N) is 4. The van der Waals surface area contributed by atoms with E-state index in [9.17, 15) is 10.4 Å². The molecule has 32 heavy (non-hydrogen) atoms. The van der Waals surface area contributed by atoms with Crippen LogP contribution in [0.3, 0.4) is 0 Å². The lowest BCUT2D eigenvalue weighted by Crippen LogP contribution is -2.25. The molecule has 2 heterocycles. The fourth-order valence-electron chi connectivity index (χ4n) is 3.62. The normalized spacial score (nSPS) is 17.6. The second kappa shape index (κ2) is 9.45. The fraction of sp³-hybridized carbons (Fsp3) is 0.273. The van der Waals surface area contributed by atoms with Gasteiger partial charge in [0.2, 0.25) is 5.69 Å². The Bertz CT molecular complexity index is 1210. The lowest BCUT2D eigenvalue weighted by molar-refractivity contribution is 0.0604. The summed E-state index contributed by atoms with van der Waals surface area (Å²) in [6.45, 7) is 7.58. The number of aliphatic hydroxyl groups excluding tert-OH is 1. The average Bonchev–Trinajstić information content (AvgIpc) is 3.40. The van der Waals surface area contributed by atoms with E-state index in [1.807, 2.05) is 5.38 Å². The summed E-state index contributed by atoms with van der Waals surface area (Å²) in [6, 6.07) is 9.32. The van der Waals surface area contributed by atoms with Gasteiger partial charge < -0.3 is 21.3 Å². The number of nitrogen functional groups attached to an aromatic ring is 2. The zero-order valence-corrected chi connectivity index (χ0v) is 18.6. The van der Waals surface area contributed by atoms with Gasteiger partial charge in [-0.3, -0.25) is 0 Å². The quantitative estimate of drug-likeness (QED) is 0.361. The van der Waals surface area contributed by atoms with Crippen molar-refractivity contribution < 1.29 is 9.84 Å². The van der Waals surface area contributed by atoms with Crippen LogP contribution in [0.5, 0.6) is 5.75 Å². The maximum absolute atomic E-state index is 9.99. The van der Waals surface area contributed by atoms with E-state index in [0.717, 1.165) is 25.0 Å². The molecule has 2 atom stereocenters. The topological polar surface area (TPSA) is 135 Å². The number of hydrogen-bond acceptors (Lipinski definition) is 9. The molecule has 2 aromatic heterocycles. The lowest BCUT2D eigenvalue weighted by atomic mass is 10.00. The van der Waals surface area contributed by atoms with Crippen molar-refractivity contribution in [3.8, 4) is 22.9 Å². The minimum absolute atomic E-state index is 0.0729. The van der Waals surface area contributed by atoms with E-state index in [0.29, 0.717) is 38.4 Å². The molecule has 0 saturated heterocycles. The molecule has 0 bridgehead atoms. The third-order valence-electron chi connectivity index (χ3n) is 5.16. The van der Waals surface area contributed by atoms with Crippen molar-refractivity contribution in [1.29, 1.82) is 5.26 Å². The molecule has 1 fully saturated rings. The number of anilines is 2. The number of aromatic nitrogens is 2. The molecule has 4 rings (SSSR count). The second-order valence-electron chi connectivity index (χ2n) is 7.27. The smallest absolute Gasteiger partial charge is 0.236 e. The van der Waals surface area contributed by atoms with Gasteiger partial charge in [-0.05, 0) is 37.0 Å². The molecule has 1 saturated carbocycles. The van der Waals surface area contributed by atoms with Crippen molar-refractivity contribution in [2.75, 3.05) is 11.5 Å². The van der Waals surface area contributed by atoms with E-state index in [-0.39, 0.29) is 17.6 Å². The van der Waals surface area contributed by atoms with Crippen LogP contribution in [-0.4, -0.2) is 27.3 Å². The summed E-state index contributed by atoms with van der Waals surface area (Å²) < 4.78 is 5.90. The van der Waals surface area contributed by atoms with Crippen molar-refractivity contribution in [3.63, 3.8) is 0 Å². The fourth-order valence-corrected chi connectivity index (χ4v) is 5.18. The van der Waals surface area contributed by atoms with E-state index in [1.165, 1.54) is 23.1 Å². The van der Waals surface area contributed by atoms with E-state index in [4.69, 9.17) is 22.8 Å². The number of thiazole rings is 1. The highest BCUT2D eigenvalue weighted by molar-refractivity contribution is 7.98. The molecular formula is C22H20N6O2S2. The van der Waals surface area contributed by atoms with Crippen molar-refractivity contribution in [2.24, 2.45) is 0 Å². The van der Waals surface area contributed by atoms with Crippen LogP contribution in [0.1, 0.15) is 30.5 Å². The summed E-state index contributed by atoms with van der Waals surface area (Å²) >= 11 is 2.67. The number of benzene rings is 1. The molecular weight excluding hydrogens is 444 g/mol. The maximum Gasteiger partial charge on any atom is 0.236 e. The summed E-state index contributed by atoms with van der Waals surface area (Å²) in [4.78, 5) is 12.1. The van der Waals surface area contributed by atoms with Crippen LogP contribution >= 0.6 is 23.1 Å². The molecule has 1 aromatic carbocycles. The Balaban J connectivity index is 1.66. The first-order valence-electron chi connectivity index (χ1n) is 9.89. The van der Waals surface area contributed by atoms with Crippen molar-refractivity contribution in [3.05, 3.63) is 52.3 Å². The van der Waals surface area contributed by atoms with Gasteiger partial charge >= 0.3 is 0 Å². The number of nitrogens with two attached hydrogens (primary N) is 2. The van der Waals surface area contributed by atoms with Gasteiger partial charge in [0.15, 0.2) is 5.13 Å². The highest BCUT2D eigenvalue weighted by Crippen LogP contribution is 2.42. The number of pyridine rings is 1. The van der Waals surface area contributed by atoms with Crippen molar-refractivity contribution >= 4 is 39.7 Å². The van der Waals surface area contributed by atoms with Crippen LogP contribution in [0.15, 0.2) is 34.7 Å². The third-order valence-corrected chi connectivity index (χ3v) is 6.89. The first kappa shape index (κ1) is 21.9. The van der Waals surface area contributed by atoms with Crippen LogP contribution in [0.4, 0.5) is 16.6 Å². The Kier molecular flexibility index (Phi) is 6.47. The molecule has 1 aliphatic carbocycles. The Labute approximate surface area is 193 Å². The molecule has 0 unspecified atom stereocenters. The Hall–Kier alpha value is -3.31. The SMILES string of the molecule is [C-]#[N+]c1c(N)nc(SCc2csc(N)n2)c(C#N)c1-c1ccc(O[C@H]2CCC[C@@H]2O)cc1. The highest BCUT2D eigenvalue weighted by atomic mass is 32.2. The van der Waals surface area contributed by atoms with E-state index in [2.05, 4.69) is 20.9 Å². The maximum atomic E-state index is 9.99. The summed E-state index contributed by atoms with van der Waals surface area (Å²) in [5.74, 6) is 1.17. The van der Waals surface area contributed by atoms with Gasteiger partial charge in [0.05, 0.1) is 23.9 Å². The minimum Gasteiger partial charge on any atom is -0.488 e. The van der Waals surface area contributed by atoms with Gasteiger partial charge in [-0.1, -0.05) is 23.9 Å². The second-order valence-corrected chi connectivity index (χ2v) is 9.12. The minimum atomic E-state index is -0.457. The number of aliphatic hydroxyl groups is 1. The standard InChI is InChI=1S/C22H20N6O2S2/c1-26-19-18(12-5-7-14(8-6-12)30-17-4-2-3-16(17)29)15(9-23)21(28-20(19)24)31-10-13-11-32-22(25)27-13/h5-8,11,16-17,29H,2-4,10H2,(H2,24,28)(H2,25,27)/t16-,17-/m0/s1. The van der Waals surface area contributed by atoms with E-state index < -0.39 is 6.10 Å². The molecule has 10 heteroatoms. The molecule has 0 radical (unpaired) electrons. The Morgan fingerprint density at radius 2 is 2.06 bits per heavy atom. The van der Waals surface area contributed by atoms with Crippen LogP contribution in [0.25, 0.3) is 16.0 Å². The van der Waals surface area contributed by atoms with Gasteiger partial charge in [-0.25, -0.2) is 14.8 Å². The first-order valence-corrected chi connectivity index (χ1v) is 11.8. The molecule has 5 N–H and O–H groups in total. The number of nitriles is 1. The van der Waals surface area contributed by atoms with Crippen molar-refractivity contribution in [1.82, 2.24) is 9.97 Å². The van der Waals surface area contributed by atoms with Crippen LogP contribution in [0.2, 0.25) is 0 Å². The molecule has 0 spiro atoms. The largest absolute Gasteiger partial charge is 0.488 e. The molecule has 8 nitrogen and oxygen atoms in total. The zero-order valence-electron chi connectivity index (χ0n) is 17.0. The summed E-state index contributed by atoms with van der Waals surface area (Å²) in [5.41, 5.74) is 14.1. The summed E-state index contributed by atoms with van der Waals surface area (Å²) in [7, 11) is 0. The Morgan fingerprint density at radius 3 is 2.66 bits per heavy atom. The molecule has 0 amide bonds.